The first-order valence-corrected chi connectivity index (χ1v) is 26.8. The number of rotatable bonds is 26. The Balaban J connectivity index is 1.41. The van der Waals surface area contributed by atoms with Crippen LogP contribution < -0.4 is 31.9 Å². The Morgan fingerprint density at radius 2 is 0.682 bits per heavy atom. The molecular weight excluding hydrogens is 1160 g/mol. The van der Waals surface area contributed by atoms with Gasteiger partial charge in [0.15, 0.2) is 31.5 Å². The second-order valence-electron chi connectivity index (χ2n) is 20.8. The third-order valence-corrected chi connectivity index (χ3v) is 14.4. The van der Waals surface area contributed by atoms with Crippen LogP contribution in [0.15, 0.2) is 0 Å². The summed E-state index contributed by atoms with van der Waals surface area (Å²) in [6.45, 7) is -0.0957. The van der Waals surface area contributed by atoms with Gasteiger partial charge in [0.05, 0.1) is 39.6 Å². The molecule has 0 aromatic rings. The molecule has 5 aliphatic rings. The van der Waals surface area contributed by atoms with Crippen molar-refractivity contribution in [1.82, 2.24) is 31.9 Å². The highest BCUT2D eigenvalue weighted by Gasteiger charge is 2.58. The summed E-state index contributed by atoms with van der Waals surface area (Å²) in [5, 5.41) is 167. The average molecular weight is 1240 g/mol. The molecule has 5 saturated heterocycles. The molecule has 0 aromatic carbocycles. The highest BCUT2D eigenvalue weighted by Crippen LogP contribution is 2.36. The maximum absolute atomic E-state index is 12.8. The number of aliphatic hydroxyl groups is 14. The van der Waals surface area contributed by atoms with E-state index in [1.807, 2.05) is 0 Å². The second-order valence-corrected chi connectivity index (χ2v) is 20.8. The van der Waals surface area contributed by atoms with Crippen molar-refractivity contribution >= 4 is 41.7 Å². The van der Waals surface area contributed by atoms with Crippen molar-refractivity contribution in [3.63, 3.8) is 0 Å². The molecule has 5 aliphatic heterocycles. The van der Waals surface area contributed by atoms with Gasteiger partial charge in [-0.25, -0.2) is 0 Å². The van der Waals surface area contributed by atoms with Crippen molar-refractivity contribution in [2.24, 2.45) is 0 Å². The van der Waals surface area contributed by atoms with Gasteiger partial charge in [-0.1, -0.05) is 0 Å². The minimum absolute atomic E-state index is 0.0922. The lowest BCUT2D eigenvalue weighted by Gasteiger charge is -2.51. The number of carbonyl (C=O) groups excluding carboxylic acids is 7. The van der Waals surface area contributed by atoms with E-state index >= 15 is 0 Å². The van der Waals surface area contributed by atoms with Crippen LogP contribution in [-0.4, -0.2) is 330 Å². The van der Waals surface area contributed by atoms with E-state index in [2.05, 4.69) is 31.9 Å². The Kier molecular flexibility index (Phi) is 27.0. The summed E-state index contributed by atoms with van der Waals surface area (Å²) in [5.74, 6) is -4.95. The Bertz CT molecular complexity index is 2220. The number of nitrogens with one attached hydrogen (secondary N) is 6. The van der Waals surface area contributed by atoms with E-state index in [4.69, 9.17) is 47.4 Å². The summed E-state index contributed by atoms with van der Waals surface area (Å²) in [6.07, 6.45) is -43.2. The Morgan fingerprint density at radius 1 is 0.412 bits per heavy atom. The van der Waals surface area contributed by atoms with Crippen LogP contribution >= 0.6 is 0 Å². The Morgan fingerprint density at radius 3 is 0.941 bits per heavy atom. The van der Waals surface area contributed by atoms with E-state index in [0.29, 0.717) is 0 Å². The molecule has 0 unspecified atom stereocenters. The fraction of sp³-hybridized carbons (Fsp3) is 0.854. The summed E-state index contributed by atoms with van der Waals surface area (Å²) < 4.78 is 59.6. The normalized spacial score (nSPS) is 40.1. The zero-order chi connectivity index (χ0) is 63.5. The SMILES string of the molecule is CC(=O)N[C@H]1[C@H](O[C@@H]([C@H](O)[C@H](C=O)NC(C)=O)[C@H](O)CO)O[C@H](CO)[C@@H](O[C@@H]2O[C@H](CO)[C@@H](O[C@@H]3O[C@H](CO)[C@@H](O[C@@H]4O[C@H](CO)[C@@H](O[C@@H]5O[C@H](CO)[C@@H](O)[C@H](O)[C@H]5NC(C)=O)[C@H](O)[C@H]4NC(C)=O)[C@H](O)[C@H]3NC(C)=O)[C@H](O)[C@H]2NC(C)=O)[C@@H]1O. The van der Waals surface area contributed by atoms with E-state index in [0.717, 1.165) is 41.5 Å². The maximum atomic E-state index is 12.8. The zero-order valence-electron chi connectivity index (χ0n) is 46.8. The third-order valence-electron chi connectivity index (χ3n) is 14.4. The summed E-state index contributed by atoms with van der Waals surface area (Å²) in [5.41, 5.74) is 0. The van der Waals surface area contributed by atoms with Gasteiger partial charge < -0.3 is 156 Å². The van der Waals surface area contributed by atoms with Crippen LogP contribution in [0.4, 0.5) is 0 Å². The quantitative estimate of drug-likeness (QED) is 0.0358. The number of aldehydes is 1. The number of carbonyl (C=O) groups is 7. The molecule has 5 heterocycles. The predicted octanol–water partition coefficient (Wildman–Crippen LogP) is -13.4. The minimum atomic E-state index is -2.12. The van der Waals surface area contributed by atoms with E-state index < -0.39 is 253 Å². The van der Waals surface area contributed by atoms with Gasteiger partial charge in [0.1, 0.15) is 152 Å². The van der Waals surface area contributed by atoms with E-state index in [9.17, 15) is 105 Å². The average Bonchev–Trinajstić information content (AvgIpc) is 2.48. The van der Waals surface area contributed by atoms with Gasteiger partial charge in [0, 0.05) is 41.5 Å². The number of hydrogen-bond donors (Lipinski definition) is 20. The molecule has 5 rings (SSSR count). The molecule has 0 radical (unpaired) electrons. The molecule has 5 fully saturated rings. The first-order valence-electron chi connectivity index (χ1n) is 26.8. The predicted molar refractivity (Wildman–Crippen MR) is 270 cm³/mol. The fourth-order valence-corrected chi connectivity index (χ4v) is 10.5. The van der Waals surface area contributed by atoms with Crippen molar-refractivity contribution in [3.8, 4) is 0 Å². The molecule has 0 aromatic heterocycles. The fourth-order valence-electron chi connectivity index (χ4n) is 10.5. The third kappa shape index (κ3) is 17.4. The van der Waals surface area contributed by atoms with Gasteiger partial charge >= 0.3 is 0 Å². The zero-order valence-corrected chi connectivity index (χ0v) is 46.8. The summed E-state index contributed by atoms with van der Waals surface area (Å²) in [7, 11) is 0. The lowest BCUT2D eigenvalue weighted by Crippen LogP contribution is -2.72. The molecule has 0 spiro atoms. The van der Waals surface area contributed by atoms with Crippen LogP contribution in [0.25, 0.3) is 0 Å². The molecule has 85 heavy (non-hydrogen) atoms. The second kappa shape index (κ2) is 32.1. The molecule has 488 valence electrons. The summed E-state index contributed by atoms with van der Waals surface area (Å²) >= 11 is 0. The van der Waals surface area contributed by atoms with Crippen molar-refractivity contribution in [1.29, 1.82) is 0 Å². The Labute approximate surface area is 484 Å². The van der Waals surface area contributed by atoms with Crippen LogP contribution in [0, 0.1) is 0 Å². The molecular formula is C48H80N6O31. The number of ether oxygens (including phenoxy) is 10. The lowest BCUT2D eigenvalue weighted by molar-refractivity contribution is -0.369. The molecule has 37 nitrogen and oxygen atoms in total. The molecule has 0 saturated carbocycles. The van der Waals surface area contributed by atoms with Gasteiger partial charge in [0.25, 0.3) is 0 Å². The van der Waals surface area contributed by atoms with Crippen LogP contribution in [0.3, 0.4) is 0 Å². The van der Waals surface area contributed by atoms with Gasteiger partial charge in [0.2, 0.25) is 35.4 Å². The standard InChI is InChI=1S/C48H80N6O31/c1-14(62)49-20(7-55)32(69)39(21(68)8-56)81-45-28(51-16(3)64)35(72)41(23(10-58)77-45)83-47-30(53-18(5)66)37(74)43(25(12-60)79-47)85-48-31(54-19(6)67)38(75)42(26(13-61)80-48)84-46-29(52-17(4)65)36(73)40(24(11-59)78-46)82-44-27(50-15(2)63)34(71)33(70)22(9-57)76-44/h7,20-48,56-61,68-75H,8-13H2,1-6H3,(H,49,62)(H,50,63)(H,51,64)(H,52,65)(H,53,66)(H,54,67)/t20-,21+,22+,23+,24+,25+,26+,27+,28+,29+,30+,31+,32+,33+,34+,35+,36+,37+,38+,39+,40+,41+,42+,43+,44-,45-,46-,47-,48-/m0/s1. The minimum Gasteiger partial charge on any atom is -0.394 e. The van der Waals surface area contributed by atoms with Crippen LogP contribution in [0.5, 0.6) is 0 Å². The van der Waals surface area contributed by atoms with Crippen molar-refractivity contribution in [2.75, 3.05) is 39.6 Å². The van der Waals surface area contributed by atoms with Gasteiger partial charge in [-0.3, -0.25) is 28.8 Å². The van der Waals surface area contributed by atoms with E-state index in [1.165, 1.54) is 0 Å². The van der Waals surface area contributed by atoms with Gasteiger partial charge in [-0.05, 0) is 0 Å². The smallest absolute Gasteiger partial charge is 0.217 e. The summed E-state index contributed by atoms with van der Waals surface area (Å²) in [4.78, 5) is 86.5. The van der Waals surface area contributed by atoms with Gasteiger partial charge in [-0.15, -0.1) is 0 Å². The first-order chi connectivity index (χ1) is 40.1. The first kappa shape index (κ1) is 71.3. The highest BCUT2D eigenvalue weighted by atomic mass is 16.8. The number of amides is 6. The van der Waals surface area contributed by atoms with Crippen molar-refractivity contribution in [3.05, 3.63) is 0 Å². The van der Waals surface area contributed by atoms with Crippen molar-refractivity contribution in [2.45, 2.75) is 219 Å². The van der Waals surface area contributed by atoms with Crippen LogP contribution in [0.1, 0.15) is 41.5 Å². The highest BCUT2D eigenvalue weighted by molar-refractivity contribution is 5.78. The molecule has 0 aliphatic carbocycles. The number of aliphatic hydroxyl groups excluding tert-OH is 14. The lowest BCUT2D eigenvalue weighted by atomic mass is 9.93. The topological polar surface area (TPSA) is 567 Å². The molecule has 6 amide bonds. The van der Waals surface area contributed by atoms with Gasteiger partial charge in [-0.2, -0.15) is 0 Å². The largest absolute Gasteiger partial charge is 0.394 e. The molecule has 37 heteroatoms. The van der Waals surface area contributed by atoms with Crippen LogP contribution in [-0.2, 0) is 80.9 Å². The molecule has 20 N–H and O–H groups in total. The number of hydrogen-bond acceptors (Lipinski definition) is 31. The van der Waals surface area contributed by atoms with Crippen molar-refractivity contribution < 1.29 is 152 Å². The van der Waals surface area contributed by atoms with Crippen LogP contribution in [0.2, 0.25) is 0 Å². The molecule has 0 bridgehead atoms. The maximum Gasteiger partial charge on any atom is 0.217 e. The van der Waals surface area contributed by atoms with E-state index in [-0.39, 0.29) is 6.29 Å². The molecule has 29 atom stereocenters. The Hall–Kier alpha value is -4.47. The summed E-state index contributed by atoms with van der Waals surface area (Å²) in [6, 6.07) is -10.4. The monoisotopic (exact) mass is 1240 g/mol. The van der Waals surface area contributed by atoms with E-state index in [1.54, 1.807) is 0 Å².